The van der Waals surface area contributed by atoms with Crippen molar-refractivity contribution >= 4 is 40.7 Å². The standard InChI is InChI=1S/C31H28N4O4/c1-34(26-16-7-3-8-17-26)29(37)22-35(27-18-9-4-10-19-27)28(36)21-32-31(39)33-25-15-11-14-24(20-25)30(38)23-12-5-2-6-13-23/h2-20H,21-22H2,1H3,(H2,32,33,39). The molecule has 0 unspecified atom stereocenters. The van der Waals surface area contributed by atoms with E-state index in [1.807, 2.05) is 30.3 Å². The van der Waals surface area contributed by atoms with Gasteiger partial charge in [0, 0.05) is 35.2 Å². The first-order valence-electron chi connectivity index (χ1n) is 12.3. The number of nitrogens with zero attached hydrogens (tertiary/aromatic N) is 2. The minimum Gasteiger partial charge on any atom is -0.329 e. The van der Waals surface area contributed by atoms with Crippen molar-refractivity contribution in [1.82, 2.24) is 5.32 Å². The number of urea groups is 1. The summed E-state index contributed by atoms with van der Waals surface area (Å²) >= 11 is 0. The lowest BCUT2D eigenvalue weighted by Gasteiger charge is -2.25. The van der Waals surface area contributed by atoms with Gasteiger partial charge in [-0.15, -0.1) is 0 Å². The third-order valence-corrected chi connectivity index (χ3v) is 6.00. The Kier molecular flexibility index (Phi) is 8.82. The molecule has 4 aromatic carbocycles. The largest absolute Gasteiger partial charge is 0.329 e. The van der Waals surface area contributed by atoms with Crippen LogP contribution in [0, 0.1) is 0 Å². The topological polar surface area (TPSA) is 98.8 Å². The van der Waals surface area contributed by atoms with E-state index in [0.717, 1.165) is 0 Å². The molecule has 0 radical (unpaired) electrons. The number of benzene rings is 4. The number of nitrogens with one attached hydrogen (secondary N) is 2. The molecule has 0 heterocycles. The van der Waals surface area contributed by atoms with Crippen LogP contribution in [0.15, 0.2) is 115 Å². The zero-order chi connectivity index (χ0) is 27.6. The van der Waals surface area contributed by atoms with Crippen LogP contribution in [0.1, 0.15) is 15.9 Å². The Bertz CT molecular complexity index is 1440. The van der Waals surface area contributed by atoms with E-state index in [1.165, 1.54) is 9.80 Å². The lowest BCUT2D eigenvalue weighted by molar-refractivity contribution is -0.121. The maximum absolute atomic E-state index is 13.2. The molecule has 4 rings (SSSR count). The molecule has 0 saturated heterocycles. The van der Waals surface area contributed by atoms with Crippen molar-refractivity contribution in [3.8, 4) is 0 Å². The van der Waals surface area contributed by atoms with E-state index in [1.54, 1.807) is 92.0 Å². The Labute approximate surface area is 226 Å². The van der Waals surface area contributed by atoms with Crippen LogP contribution < -0.4 is 20.4 Å². The van der Waals surface area contributed by atoms with E-state index in [0.29, 0.717) is 28.2 Å². The fraction of sp³-hybridized carbons (Fsp3) is 0.0968. The second-order valence-corrected chi connectivity index (χ2v) is 8.69. The Morgan fingerprint density at radius 2 is 1.21 bits per heavy atom. The van der Waals surface area contributed by atoms with Gasteiger partial charge >= 0.3 is 6.03 Å². The van der Waals surface area contributed by atoms with Crippen LogP contribution in [-0.2, 0) is 9.59 Å². The van der Waals surface area contributed by atoms with Gasteiger partial charge in [-0.25, -0.2) is 4.79 Å². The highest BCUT2D eigenvalue weighted by Gasteiger charge is 2.22. The quantitative estimate of drug-likeness (QED) is 0.312. The van der Waals surface area contributed by atoms with Gasteiger partial charge < -0.3 is 20.4 Å². The number of para-hydroxylation sites is 2. The highest BCUT2D eigenvalue weighted by Crippen LogP contribution is 2.17. The number of amides is 4. The van der Waals surface area contributed by atoms with Gasteiger partial charge in [0.1, 0.15) is 6.54 Å². The molecule has 0 aliphatic heterocycles. The van der Waals surface area contributed by atoms with Crippen molar-refractivity contribution < 1.29 is 19.2 Å². The van der Waals surface area contributed by atoms with Crippen LogP contribution in [0.3, 0.4) is 0 Å². The SMILES string of the molecule is CN(C(=O)CN(C(=O)CNC(=O)Nc1cccc(C(=O)c2ccccc2)c1)c1ccccc1)c1ccccc1. The maximum Gasteiger partial charge on any atom is 0.319 e. The molecule has 8 nitrogen and oxygen atoms in total. The van der Waals surface area contributed by atoms with E-state index < -0.39 is 11.9 Å². The molecular formula is C31H28N4O4. The summed E-state index contributed by atoms with van der Waals surface area (Å²) in [7, 11) is 1.65. The molecule has 4 aromatic rings. The van der Waals surface area contributed by atoms with Gasteiger partial charge in [-0.3, -0.25) is 14.4 Å². The summed E-state index contributed by atoms with van der Waals surface area (Å²) in [4.78, 5) is 54.3. The minimum atomic E-state index is -0.617. The van der Waals surface area contributed by atoms with Gasteiger partial charge in [-0.2, -0.15) is 0 Å². The number of hydrogen-bond acceptors (Lipinski definition) is 4. The molecule has 4 amide bonds. The van der Waals surface area contributed by atoms with Gasteiger partial charge in [-0.05, 0) is 36.4 Å². The van der Waals surface area contributed by atoms with Gasteiger partial charge in [0.2, 0.25) is 11.8 Å². The molecule has 0 bridgehead atoms. The number of ketones is 1. The summed E-state index contributed by atoms with van der Waals surface area (Å²) in [5.74, 6) is -0.916. The van der Waals surface area contributed by atoms with Crippen LogP contribution in [0.25, 0.3) is 0 Å². The molecule has 196 valence electrons. The Hall–Kier alpha value is -5.24. The van der Waals surface area contributed by atoms with Crippen molar-refractivity contribution in [3.63, 3.8) is 0 Å². The first-order valence-corrected chi connectivity index (χ1v) is 12.3. The lowest BCUT2D eigenvalue weighted by atomic mass is 10.0. The summed E-state index contributed by atoms with van der Waals surface area (Å²) in [6.07, 6.45) is 0. The normalized spacial score (nSPS) is 10.3. The highest BCUT2D eigenvalue weighted by molar-refractivity contribution is 6.10. The molecule has 39 heavy (non-hydrogen) atoms. The molecule has 0 saturated carbocycles. The van der Waals surface area contributed by atoms with E-state index in [-0.39, 0.29) is 24.8 Å². The van der Waals surface area contributed by atoms with Gasteiger partial charge in [0.15, 0.2) is 5.78 Å². The third-order valence-electron chi connectivity index (χ3n) is 6.00. The highest BCUT2D eigenvalue weighted by atomic mass is 16.2. The average molecular weight is 521 g/mol. The van der Waals surface area contributed by atoms with Crippen molar-refractivity contribution in [2.45, 2.75) is 0 Å². The van der Waals surface area contributed by atoms with Crippen LogP contribution in [0.2, 0.25) is 0 Å². The molecule has 0 aliphatic carbocycles. The van der Waals surface area contributed by atoms with Crippen molar-refractivity contribution in [3.05, 3.63) is 126 Å². The molecule has 8 heteroatoms. The molecule has 0 atom stereocenters. The average Bonchev–Trinajstić information content (AvgIpc) is 2.99. The second-order valence-electron chi connectivity index (χ2n) is 8.69. The van der Waals surface area contributed by atoms with Crippen LogP contribution >= 0.6 is 0 Å². The van der Waals surface area contributed by atoms with E-state index in [4.69, 9.17) is 0 Å². The van der Waals surface area contributed by atoms with Gasteiger partial charge in [-0.1, -0.05) is 78.9 Å². The summed E-state index contributed by atoms with van der Waals surface area (Å²) in [6.45, 7) is -0.549. The molecular weight excluding hydrogens is 492 g/mol. The monoisotopic (exact) mass is 520 g/mol. The summed E-state index contributed by atoms with van der Waals surface area (Å²) in [6, 6.07) is 32.7. The molecule has 0 aliphatic rings. The number of anilines is 3. The predicted octanol–water partition coefficient (Wildman–Crippen LogP) is 4.74. The Morgan fingerprint density at radius 3 is 1.85 bits per heavy atom. The fourth-order valence-corrected chi connectivity index (χ4v) is 3.89. The molecule has 0 aromatic heterocycles. The number of rotatable bonds is 9. The minimum absolute atomic E-state index is 0.168. The number of carbonyl (C=O) groups is 4. The maximum atomic E-state index is 13.2. The first kappa shape index (κ1) is 26.8. The van der Waals surface area contributed by atoms with Crippen molar-refractivity contribution in [2.24, 2.45) is 0 Å². The Morgan fingerprint density at radius 1 is 0.641 bits per heavy atom. The van der Waals surface area contributed by atoms with E-state index >= 15 is 0 Å². The lowest BCUT2D eigenvalue weighted by Crippen LogP contribution is -2.46. The number of hydrogen-bond donors (Lipinski definition) is 2. The van der Waals surface area contributed by atoms with Crippen LogP contribution in [-0.4, -0.2) is 43.8 Å². The van der Waals surface area contributed by atoms with Gasteiger partial charge in [0.25, 0.3) is 0 Å². The molecule has 0 fully saturated rings. The smallest absolute Gasteiger partial charge is 0.319 e. The van der Waals surface area contributed by atoms with Crippen LogP contribution in [0.5, 0.6) is 0 Å². The summed E-state index contributed by atoms with van der Waals surface area (Å²) in [5.41, 5.74) is 2.60. The second kappa shape index (κ2) is 12.8. The predicted molar refractivity (Wildman–Crippen MR) is 152 cm³/mol. The third kappa shape index (κ3) is 7.17. The summed E-state index contributed by atoms with van der Waals surface area (Å²) < 4.78 is 0. The van der Waals surface area contributed by atoms with Crippen LogP contribution in [0.4, 0.5) is 21.9 Å². The first-order chi connectivity index (χ1) is 18.9. The fourth-order valence-electron chi connectivity index (χ4n) is 3.89. The molecule has 0 spiro atoms. The van der Waals surface area contributed by atoms with Crippen molar-refractivity contribution in [2.75, 3.05) is 35.3 Å². The van der Waals surface area contributed by atoms with E-state index in [9.17, 15) is 19.2 Å². The number of carbonyl (C=O) groups excluding carboxylic acids is 4. The van der Waals surface area contributed by atoms with Gasteiger partial charge in [0.05, 0.1) is 6.54 Å². The zero-order valence-corrected chi connectivity index (χ0v) is 21.4. The number of likely N-dealkylation sites (N-methyl/N-ethyl adjacent to an activating group) is 1. The molecule has 2 N–H and O–H groups in total. The Balaban J connectivity index is 1.39. The van der Waals surface area contributed by atoms with Crippen molar-refractivity contribution in [1.29, 1.82) is 0 Å². The summed E-state index contributed by atoms with van der Waals surface area (Å²) in [5, 5.41) is 5.20. The van der Waals surface area contributed by atoms with E-state index in [2.05, 4.69) is 10.6 Å². The zero-order valence-electron chi connectivity index (χ0n) is 21.4.